The third kappa shape index (κ3) is 2.32. The van der Waals surface area contributed by atoms with Gasteiger partial charge >= 0.3 is 0 Å². The fourth-order valence-corrected chi connectivity index (χ4v) is 3.73. The fourth-order valence-electron chi connectivity index (χ4n) is 2.23. The number of aromatic nitrogens is 1. The van der Waals surface area contributed by atoms with Gasteiger partial charge in [-0.25, -0.2) is 4.98 Å². The van der Waals surface area contributed by atoms with Crippen molar-refractivity contribution in [3.8, 4) is 16.3 Å². The second-order valence-electron chi connectivity index (χ2n) is 4.41. The van der Waals surface area contributed by atoms with Crippen molar-refractivity contribution in [1.29, 1.82) is 0 Å². The first-order chi connectivity index (χ1) is 9.19. The topological polar surface area (TPSA) is 39.2 Å². The molecule has 1 aromatic heterocycles. The quantitative estimate of drug-likeness (QED) is 0.828. The Bertz CT molecular complexity index is 651. The summed E-state index contributed by atoms with van der Waals surface area (Å²) in [6.45, 7) is 0. The second kappa shape index (κ2) is 5.06. The maximum atomic E-state index is 11.9. The van der Waals surface area contributed by atoms with Crippen molar-refractivity contribution in [2.45, 2.75) is 19.3 Å². The van der Waals surface area contributed by atoms with Crippen LogP contribution in [0.25, 0.3) is 10.6 Å². The van der Waals surface area contributed by atoms with Crippen molar-refractivity contribution in [3.63, 3.8) is 0 Å². The largest absolute Gasteiger partial charge is 0.496 e. The molecular formula is C14H12BrNO2S. The summed E-state index contributed by atoms with van der Waals surface area (Å²) >= 11 is 5.06. The molecule has 0 N–H and O–H groups in total. The van der Waals surface area contributed by atoms with Gasteiger partial charge in [0.25, 0.3) is 0 Å². The molecule has 3 rings (SSSR count). The Hall–Kier alpha value is -1.20. The van der Waals surface area contributed by atoms with Crippen LogP contribution >= 0.6 is 27.3 Å². The maximum absolute atomic E-state index is 11.9. The molecule has 0 spiro atoms. The number of benzene rings is 1. The number of hydrogen-bond donors (Lipinski definition) is 0. The summed E-state index contributed by atoms with van der Waals surface area (Å²) in [4.78, 5) is 17.5. The van der Waals surface area contributed by atoms with Crippen molar-refractivity contribution in [2.24, 2.45) is 0 Å². The van der Waals surface area contributed by atoms with Gasteiger partial charge in [0.15, 0.2) is 5.78 Å². The minimum atomic E-state index is 0.165. The Morgan fingerprint density at radius 3 is 2.95 bits per heavy atom. The molecule has 19 heavy (non-hydrogen) atoms. The van der Waals surface area contributed by atoms with Crippen LogP contribution in [0.2, 0.25) is 0 Å². The zero-order valence-electron chi connectivity index (χ0n) is 10.4. The third-order valence-corrected chi connectivity index (χ3v) is 4.80. The summed E-state index contributed by atoms with van der Waals surface area (Å²) in [6.07, 6.45) is 2.50. The molecule has 0 aliphatic heterocycles. The molecule has 1 aliphatic carbocycles. The van der Waals surface area contributed by atoms with Gasteiger partial charge in [-0.2, -0.15) is 0 Å². The number of hydrogen-bond acceptors (Lipinski definition) is 4. The van der Waals surface area contributed by atoms with Crippen LogP contribution in [0, 0.1) is 0 Å². The van der Waals surface area contributed by atoms with E-state index in [1.165, 1.54) is 0 Å². The second-order valence-corrected chi connectivity index (χ2v) is 6.41. The highest BCUT2D eigenvalue weighted by molar-refractivity contribution is 9.10. The molecule has 0 saturated carbocycles. The predicted molar refractivity (Wildman–Crippen MR) is 79.1 cm³/mol. The van der Waals surface area contributed by atoms with Crippen molar-refractivity contribution in [3.05, 3.63) is 33.2 Å². The standard InChI is InChI=1S/C14H12BrNO2S/c1-18-11-6-5-8(15)7-9(11)14-16-13-10(17)3-2-4-12(13)19-14/h5-7H,2-4H2,1H3. The normalized spacial score (nSPS) is 14.3. The van der Waals surface area contributed by atoms with Gasteiger partial charge in [0.1, 0.15) is 16.5 Å². The molecule has 1 heterocycles. The van der Waals surface area contributed by atoms with Gasteiger partial charge in [-0.3, -0.25) is 4.79 Å². The summed E-state index contributed by atoms with van der Waals surface area (Å²) in [5.41, 5.74) is 1.59. The smallest absolute Gasteiger partial charge is 0.182 e. The van der Waals surface area contributed by atoms with E-state index >= 15 is 0 Å². The van der Waals surface area contributed by atoms with E-state index in [0.29, 0.717) is 12.1 Å². The minimum Gasteiger partial charge on any atom is -0.496 e. The van der Waals surface area contributed by atoms with Gasteiger partial charge < -0.3 is 4.74 Å². The van der Waals surface area contributed by atoms with Gasteiger partial charge in [-0.1, -0.05) is 15.9 Å². The van der Waals surface area contributed by atoms with E-state index < -0.39 is 0 Å². The number of fused-ring (bicyclic) bond motifs is 1. The Balaban J connectivity index is 2.12. The highest BCUT2D eigenvalue weighted by atomic mass is 79.9. The molecule has 5 heteroatoms. The molecule has 0 amide bonds. The molecule has 0 saturated heterocycles. The first-order valence-corrected chi connectivity index (χ1v) is 7.67. The summed E-state index contributed by atoms with van der Waals surface area (Å²) in [5.74, 6) is 0.944. The van der Waals surface area contributed by atoms with Gasteiger partial charge in [0.05, 0.1) is 12.7 Å². The van der Waals surface area contributed by atoms with E-state index in [0.717, 1.165) is 38.5 Å². The van der Waals surface area contributed by atoms with Crippen LogP contribution in [0.5, 0.6) is 5.75 Å². The summed E-state index contributed by atoms with van der Waals surface area (Å²) in [5, 5.41) is 0.860. The molecular weight excluding hydrogens is 326 g/mol. The number of carbonyl (C=O) groups excluding carboxylic acids is 1. The highest BCUT2D eigenvalue weighted by Crippen LogP contribution is 2.38. The summed E-state index contributed by atoms with van der Waals surface area (Å²) in [6, 6.07) is 5.82. The van der Waals surface area contributed by atoms with Crippen LogP contribution in [-0.4, -0.2) is 17.9 Å². The third-order valence-electron chi connectivity index (χ3n) is 3.16. The Kier molecular flexibility index (Phi) is 3.41. The maximum Gasteiger partial charge on any atom is 0.182 e. The van der Waals surface area contributed by atoms with Crippen LogP contribution in [-0.2, 0) is 6.42 Å². The SMILES string of the molecule is COc1ccc(Br)cc1-c1nc2c(s1)CCCC2=O. The number of nitrogens with zero attached hydrogens (tertiary/aromatic N) is 1. The van der Waals surface area contributed by atoms with Gasteiger partial charge in [-0.05, 0) is 31.0 Å². The lowest BCUT2D eigenvalue weighted by atomic mass is 10.0. The lowest BCUT2D eigenvalue weighted by Crippen LogP contribution is -2.08. The van der Waals surface area contributed by atoms with Crippen LogP contribution in [0.1, 0.15) is 28.2 Å². The van der Waals surface area contributed by atoms with Crippen LogP contribution in [0.15, 0.2) is 22.7 Å². The van der Waals surface area contributed by atoms with E-state index in [-0.39, 0.29) is 5.78 Å². The molecule has 0 bridgehead atoms. The van der Waals surface area contributed by atoms with Crippen LogP contribution in [0.4, 0.5) is 0 Å². The van der Waals surface area contributed by atoms with Gasteiger partial charge in [0.2, 0.25) is 0 Å². The number of thiazole rings is 1. The number of ketones is 1. The molecule has 98 valence electrons. The molecule has 1 aromatic carbocycles. The van der Waals surface area contributed by atoms with Crippen molar-refractivity contribution < 1.29 is 9.53 Å². The minimum absolute atomic E-state index is 0.165. The van der Waals surface area contributed by atoms with E-state index in [1.807, 2.05) is 18.2 Å². The molecule has 0 unspecified atom stereocenters. The highest BCUT2D eigenvalue weighted by Gasteiger charge is 2.23. The summed E-state index contributed by atoms with van der Waals surface area (Å²) < 4.78 is 6.35. The lowest BCUT2D eigenvalue weighted by molar-refractivity contribution is 0.0968. The number of methoxy groups -OCH3 is 1. The number of halogens is 1. The van der Waals surface area contributed by atoms with Crippen molar-refractivity contribution in [1.82, 2.24) is 4.98 Å². The summed E-state index contributed by atoms with van der Waals surface area (Å²) in [7, 11) is 1.64. The van der Waals surface area contributed by atoms with E-state index in [1.54, 1.807) is 18.4 Å². The molecule has 0 radical (unpaired) electrons. The average Bonchev–Trinajstić information content (AvgIpc) is 2.84. The number of aryl methyl sites for hydroxylation is 1. The Labute approximate surface area is 123 Å². The number of carbonyl (C=O) groups is 1. The zero-order chi connectivity index (χ0) is 13.4. The van der Waals surface area contributed by atoms with Crippen LogP contribution < -0.4 is 4.74 Å². The first-order valence-electron chi connectivity index (χ1n) is 6.06. The van der Waals surface area contributed by atoms with E-state index in [4.69, 9.17) is 4.74 Å². The number of Topliss-reactive ketones (excluding diaryl/α,β-unsaturated/α-hetero) is 1. The Morgan fingerprint density at radius 1 is 1.37 bits per heavy atom. The molecule has 3 nitrogen and oxygen atoms in total. The first kappa shape index (κ1) is 12.8. The Morgan fingerprint density at radius 2 is 2.21 bits per heavy atom. The van der Waals surface area contributed by atoms with Crippen molar-refractivity contribution in [2.75, 3.05) is 7.11 Å². The number of ether oxygens (including phenoxy) is 1. The fraction of sp³-hybridized carbons (Fsp3) is 0.286. The van der Waals surface area contributed by atoms with Crippen molar-refractivity contribution >= 4 is 33.0 Å². The van der Waals surface area contributed by atoms with E-state index in [9.17, 15) is 4.79 Å². The van der Waals surface area contributed by atoms with Gasteiger partial charge in [-0.15, -0.1) is 11.3 Å². The van der Waals surface area contributed by atoms with Gasteiger partial charge in [0, 0.05) is 15.8 Å². The monoisotopic (exact) mass is 337 g/mol. The molecule has 1 aliphatic rings. The lowest BCUT2D eigenvalue weighted by Gasteiger charge is -2.06. The van der Waals surface area contributed by atoms with Crippen LogP contribution in [0.3, 0.4) is 0 Å². The molecule has 0 atom stereocenters. The predicted octanol–water partition coefficient (Wildman–Crippen LogP) is 4.10. The average molecular weight is 338 g/mol. The molecule has 2 aromatic rings. The zero-order valence-corrected chi connectivity index (χ0v) is 12.8. The number of rotatable bonds is 2. The molecule has 0 fully saturated rings. The van der Waals surface area contributed by atoms with E-state index in [2.05, 4.69) is 20.9 Å².